The lowest BCUT2D eigenvalue weighted by Gasteiger charge is -2.29. The number of benzene rings is 1. The van der Waals surface area contributed by atoms with Crippen LogP contribution in [0.2, 0.25) is 0 Å². The third-order valence-corrected chi connectivity index (χ3v) is 5.13. The van der Waals surface area contributed by atoms with Crippen LogP contribution in [0.25, 0.3) is 0 Å². The molecule has 0 aliphatic carbocycles. The Labute approximate surface area is 133 Å². The average Bonchev–Trinajstić information content (AvgIpc) is 2.50. The highest BCUT2D eigenvalue weighted by atomic mass is 32.2. The minimum Gasteiger partial charge on any atom is -0.372 e. The fraction of sp³-hybridized carbons (Fsp3) is 0.588. The van der Waals surface area contributed by atoms with Gasteiger partial charge in [-0.15, -0.1) is 0 Å². The van der Waals surface area contributed by atoms with Crippen molar-refractivity contribution in [3.8, 4) is 0 Å². The standard InChI is InChI=1S/C17H27N3S/c1-5-17(4)12-13-21-16(19-17)18-14-8-10-15(11-9-14)20(6-2)7-3/h8-11H,5-7,12-13H2,1-4H3,(H,18,19). The molecule has 1 unspecified atom stereocenters. The van der Waals surface area contributed by atoms with Crippen LogP contribution < -0.4 is 10.2 Å². The van der Waals surface area contributed by atoms with Gasteiger partial charge in [0.1, 0.15) is 0 Å². The highest BCUT2D eigenvalue weighted by Gasteiger charge is 2.25. The van der Waals surface area contributed by atoms with Gasteiger partial charge in [-0.1, -0.05) is 18.7 Å². The Hall–Kier alpha value is -1.16. The summed E-state index contributed by atoms with van der Waals surface area (Å²) in [6.45, 7) is 10.9. The molecular weight excluding hydrogens is 278 g/mol. The van der Waals surface area contributed by atoms with E-state index in [9.17, 15) is 0 Å². The molecule has 2 rings (SSSR count). The summed E-state index contributed by atoms with van der Waals surface area (Å²) in [5.74, 6) is 1.15. The smallest absolute Gasteiger partial charge is 0.161 e. The molecule has 116 valence electrons. The molecule has 4 heteroatoms. The first-order valence-electron chi connectivity index (χ1n) is 7.95. The van der Waals surface area contributed by atoms with Crippen LogP contribution in [0.3, 0.4) is 0 Å². The quantitative estimate of drug-likeness (QED) is 0.861. The van der Waals surface area contributed by atoms with E-state index in [4.69, 9.17) is 4.99 Å². The van der Waals surface area contributed by atoms with Crippen LogP contribution >= 0.6 is 11.8 Å². The summed E-state index contributed by atoms with van der Waals surface area (Å²) in [6, 6.07) is 8.66. The van der Waals surface area contributed by atoms with Crippen molar-refractivity contribution in [2.75, 3.05) is 29.1 Å². The van der Waals surface area contributed by atoms with Gasteiger partial charge in [-0.2, -0.15) is 0 Å². The van der Waals surface area contributed by atoms with Crippen molar-refractivity contribution in [3.05, 3.63) is 24.3 Å². The molecule has 3 nitrogen and oxygen atoms in total. The molecule has 1 heterocycles. The van der Waals surface area contributed by atoms with Crippen LogP contribution in [0.1, 0.15) is 40.5 Å². The van der Waals surface area contributed by atoms with Gasteiger partial charge in [-0.25, -0.2) is 0 Å². The van der Waals surface area contributed by atoms with E-state index >= 15 is 0 Å². The Morgan fingerprint density at radius 2 is 1.86 bits per heavy atom. The minimum absolute atomic E-state index is 0.106. The first kappa shape index (κ1) is 16.2. The van der Waals surface area contributed by atoms with E-state index in [2.05, 4.69) is 62.2 Å². The molecule has 0 fully saturated rings. The van der Waals surface area contributed by atoms with E-state index < -0.39 is 0 Å². The molecule has 0 bridgehead atoms. The largest absolute Gasteiger partial charge is 0.372 e. The fourth-order valence-electron chi connectivity index (χ4n) is 2.49. The number of amidine groups is 1. The van der Waals surface area contributed by atoms with Crippen LogP contribution in [-0.2, 0) is 0 Å². The lowest BCUT2D eigenvalue weighted by atomic mass is 9.97. The van der Waals surface area contributed by atoms with E-state index in [1.165, 1.54) is 12.1 Å². The normalized spacial score (nSPS) is 21.8. The molecule has 1 atom stereocenters. The molecule has 21 heavy (non-hydrogen) atoms. The van der Waals surface area contributed by atoms with E-state index in [0.717, 1.165) is 36.1 Å². The van der Waals surface area contributed by atoms with Crippen molar-refractivity contribution in [2.45, 2.75) is 46.1 Å². The lowest BCUT2D eigenvalue weighted by Crippen LogP contribution is -2.29. The molecule has 1 aromatic rings. The SMILES string of the molecule is CCN(CC)c1ccc(NC2=NC(C)(CC)CCS2)cc1. The van der Waals surface area contributed by atoms with Gasteiger partial charge in [0.05, 0.1) is 5.54 Å². The van der Waals surface area contributed by atoms with Gasteiger partial charge in [-0.05, 0) is 57.9 Å². The van der Waals surface area contributed by atoms with E-state index in [0.29, 0.717) is 0 Å². The summed E-state index contributed by atoms with van der Waals surface area (Å²) in [5.41, 5.74) is 2.51. The van der Waals surface area contributed by atoms with Crippen molar-refractivity contribution >= 4 is 28.3 Å². The number of rotatable bonds is 5. The van der Waals surface area contributed by atoms with E-state index in [1.807, 2.05) is 11.8 Å². The Balaban J connectivity index is 2.07. The maximum absolute atomic E-state index is 4.88. The summed E-state index contributed by atoms with van der Waals surface area (Å²) in [7, 11) is 0. The zero-order chi connectivity index (χ0) is 15.3. The summed E-state index contributed by atoms with van der Waals surface area (Å²) in [6.07, 6.45) is 2.26. The predicted octanol–water partition coefficient (Wildman–Crippen LogP) is 4.61. The summed E-state index contributed by atoms with van der Waals surface area (Å²) in [5, 5.41) is 4.52. The lowest BCUT2D eigenvalue weighted by molar-refractivity contribution is 0.443. The number of thioether (sulfide) groups is 1. The number of hydrogen-bond donors (Lipinski definition) is 1. The van der Waals surface area contributed by atoms with Crippen LogP contribution in [0.4, 0.5) is 11.4 Å². The van der Waals surface area contributed by atoms with Gasteiger partial charge in [0, 0.05) is 30.2 Å². The zero-order valence-corrected chi connectivity index (χ0v) is 14.5. The molecule has 1 N–H and O–H groups in total. The van der Waals surface area contributed by atoms with Crippen molar-refractivity contribution in [2.24, 2.45) is 4.99 Å². The highest BCUT2D eigenvalue weighted by Crippen LogP contribution is 2.30. The molecule has 1 aromatic carbocycles. The van der Waals surface area contributed by atoms with Gasteiger partial charge >= 0.3 is 0 Å². The van der Waals surface area contributed by atoms with Crippen molar-refractivity contribution < 1.29 is 0 Å². The second-order valence-electron chi connectivity index (χ2n) is 5.71. The molecule has 0 amide bonds. The number of aliphatic imine (C=N–C) groups is 1. The third-order valence-electron chi connectivity index (χ3n) is 4.26. The van der Waals surface area contributed by atoms with Gasteiger partial charge in [0.2, 0.25) is 0 Å². The first-order valence-corrected chi connectivity index (χ1v) is 8.93. The van der Waals surface area contributed by atoms with Gasteiger partial charge in [0.15, 0.2) is 5.17 Å². The van der Waals surface area contributed by atoms with Crippen LogP contribution in [0.5, 0.6) is 0 Å². The summed E-state index contributed by atoms with van der Waals surface area (Å²) in [4.78, 5) is 7.23. The molecule has 0 spiro atoms. The fourth-order valence-corrected chi connectivity index (χ4v) is 3.70. The van der Waals surface area contributed by atoms with Gasteiger partial charge in [0.25, 0.3) is 0 Å². The molecule has 0 saturated heterocycles. The number of nitrogens with zero attached hydrogens (tertiary/aromatic N) is 2. The van der Waals surface area contributed by atoms with Crippen molar-refractivity contribution in [3.63, 3.8) is 0 Å². The molecule has 0 saturated carbocycles. The Morgan fingerprint density at radius 3 is 2.43 bits per heavy atom. The molecule has 0 radical (unpaired) electrons. The van der Waals surface area contributed by atoms with Crippen molar-refractivity contribution in [1.29, 1.82) is 0 Å². The highest BCUT2D eigenvalue weighted by molar-refractivity contribution is 8.14. The van der Waals surface area contributed by atoms with Gasteiger partial charge < -0.3 is 10.2 Å². The number of nitrogens with one attached hydrogen (secondary N) is 1. The molecule has 1 aliphatic heterocycles. The third kappa shape index (κ3) is 4.16. The Bertz CT molecular complexity index is 479. The average molecular weight is 305 g/mol. The minimum atomic E-state index is 0.106. The Kier molecular flexibility index (Phi) is 5.57. The number of hydrogen-bond acceptors (Lipinski definition) is 4. The summed E-state index contributed by atoms with van der Waals surface area (Å²) < 4.78 is 0. The van der Waals surface area contributed by atoms with Gasteiger partial charge in [-0.3, -0.25) is 4.99 Å². The zero-order valence-electron chi connectivity index (χ0n) is 13.6. The topological polar surface area (TPSA) is 27.6 Å². The first-order chi connectivity index (χ1) is 10.1. The molecule has 1 aliphatic rings. The second kappa shape index (κ2) is 7.21. The predicted molar refractivity (Wildman–Crippen MR) is 96.8 cm³/mol. The second-order valence-corrected chi connectivity index (χ2v) is 6.79. The Morgan fingerprint density at radius 1 is 1.19 bits per heavy atom. The molecule has 0 aromatic heterocycles. The van der Waals surface area contributed by atoms with Crippen LogP contribution in [-0.4, -0.2) is 29.5 Å². The maximum atomic E-state index is 4.88. The maximum Gasteiger partial charge on any atom is 0.161 e. The van der Waals surface area contributed by atoms with E-state index in [-0.39, 0.29) is 5.54 Å². The van der Waals surface area contributed by atoms with Crippen LogP contribution in [0, 0.1) is 0 Å². The summed E-state index contributed by atoms with van der Waals surface area (Å²) >= 11 is 1.82. The van der Waals surface area contributed by atoms with Crippen molar-refractivity contribution in [1.82, 2.24) is 0 Å². The number of anilines is 2. The monoisotopic (exact) mass is 305 g/mol. The van der Waals surface area contributed by atoms with E-state index in [1.54, 1.807) is 0 Å². The molecular formula is C17H27N3S. The van der Waals surface area contributed by atoms with Crippen LogP contribution in [0.15, 0.2) is 29.3 Å².